The summed E-state index contributed by atoms with van der Waals surface area (Å²) >= 11 is 0. The predicted octanol–water partition coefficient (Wildman–Crippen LogP) is 5.46. The Morgan fingerprint density at radius 2 is 1.36 bits per heavy atom. The van der Waals surface area contributed by atoms with Gasteiger partial charge < -0.3 is 5.11 Å². The Balaban J connectivity index is 2.46. The summed E-state index contributed by atoms with van der Waals surface area (Å²) in [6.07, 6.45) is 1.86. The van der Waals surface area contributed by atoms with Crippen molar-refractivity contribution in [2.75, 3.05) is 12.1 Å². The molecule has 0 aromatic heterocycles. The van der Waals surface area contributed by atoms with Gasteiger partial charge in [-0.25, -0.2) is 0 Å². The van der Waals surface area contributed by atoms with Gasteiger partial charge in [-0.3, -0.25) is 5.01 Å². The molecule has 0 amide bonds. The fourth-order valence-electron chi connectivity index (χ4n) is 2.74. The molecule has 0 bridgehead atoms. The van der Waals surface area contributed by atoms with Crippen LogP contribution in [0.25, 0.3) is 0 Å². The van der Waals surface area contributed by atoms with Gasteiger partial charge in [0.25, 0.3) is 0 Å². The quantitative estimate of drug-likeness (QED) is 0.596. The van der Waals surface area contributed by atoms with Crippen LogP contribution in [0.4, 0.5) is 5.69 Å². The zero-order valence-electron chi connectivity index (χ0n) is 16.5. The Morgan fingerprint density at radius 3 is 1.80 bits per heavy atom. The standard InChI is InChI=1S/C22H30N2O/c1-21(2,3)18-13-16(14-19(20(18)25)22(4,5)6)15-23-24(7)17-11-9-8-10-12-17/h8-15,25H,1-7H3/b23-15+. The number of nitrogens with zero attached hydrogens (tertiary/aromatic N) is 2. The minimum Gasteiger partial charge on any atom is -0.507 e. The van der Waals surface area contributed by atoms with Crippen LogP contribution in [0.15, 0.2) is 47.6 Å². The lowest BCUT2D eigenvalue weighted by Gasteiger charge is -2.27. The number of benzene rings is 2. The number of phenolic OH excluding ortho intramolecular Hbond substituents is 1. The van der Waals surface area contributed by atoms with Crippen LogP contribution in [0.1, 0.15) is 58.2 Å². The summed E-state index contributed by atoms with van der Waals surface area (Å²) in [5.41, 5.74) is 3.64. The van der Waals surface area contributed by atoms with Crippen molar-refractivity contribution in [3.63, 3.8) is 0 Å². The molecule has 2 rings (SSSR count). The largest absolute Gasteiger partial charge is 0.507 e. The smallest absolute Gasteiger partial charge is 0.123 e. The van der Waals surface area contributed by atoms with Gasteiger partial charge in [0, 0.05) is 18.2 Å². The molecule has 2 aromatic rings. The van der Waals surface area contributed by atoms with E-state index in [2.05, 4.69) is 46.6 Å². The van der Waals surface area contributed by atoms with Gasteiger partial charge in [-0.1, -0.05) is 59.7 Å². The molecule has 0 saturated carbocycles. The summed E-state index contributed by atoms with van der Waals surface area (Å²) in [4.78, 5) is 0. The fraction of sp³-hybridized carbons (Fsp3) is 0.409. The Morgan fingerprint density at radius 1 is 0.880 bits per heavy atom. The maximum absolute atomic E-state index is 10.8. The summed E-state index contributed by atoms with van der Waals surface area (Å²) in [5, 5.41) is 17.2. The number of hydrogen-bond donors (Lipinski definition) is 1. The van der Waals surface area contributed by atoms with Crippen molar-refractivity contribution < 1.29 is 5.11 Å². The third-order valence-corrected chi connectivity index (χ3v) is 4.26. The van der Waals surface area contributed by atoms with E-state index >= 15 is 0 Å². The van der Waals surface area contributed by atoms with Crippen LogP contribution < -0.4 is 5.01 Å². The van der Waals surface area contributed by atoms with E-state index < -0.39 is 0 Å². The molecule has 0 spiro atoms. The average molecular weight is 338 g/mol. The summed E-state index contributed by atoms with van der Waals surface area (Å²) in [6.45, 7) is 12.7. The fourth-order valence-corrected chi connectivity index (χ4v) is 2.74. The number of anilines is 1. The van der Waals surface area contributed by atoms with Gasteiger partial charge in [-0.05, 0) is 40.7 Å². The topological polar surface area (TPSA) is 35.8 Å². The van der Waals surface area contributed by atoms with Crippen LogP contribution in [-0.4, -0.2) is 18.4 Å². The number of rotatable bonds is 3. The molecule has 0 atom stereocenters. The second kappa shape index (κ2) is 6.91. The Hall–Kier alpha value is -2.29. The second-order valence-corrected chi connectivity index (χ2v) is 8.57. The van der Waals surface area contributed by atoms with Gasteiger partial charge in [-0.2, -0.15) is 5.10 Å². The lowest BCUT2D eigenvalue weighted by molar-refractivity contribution is 0.423. The van der Waals surface area contributed by atoms with E-state index in [4.69, 9.17) is 0 Å². The summed E-state index contributed by atoms with van der Waals surface area (Å²) in [5.74, 6) is 0.397. The lowest BCUT2D eigenvalue weighted by atomic mass is 9.78. The first kappa shape index (κ1) is 19.0. The number of hydrogen-bond acceptors (Lipinski definition) is 3. The molecule has 0 aliphatic rings. The molecular weight excluding hydrogens is 308 g/mol. The number of para-hydroxylation sites is 1. The summed E-state index contributed by atoms with van der Waals surface area (Å²) < 4.78 is 0. The van der Waals surface area contributed by atoms with Crippen LogP contribution >= 0.6 is 0 Å². The monoisotopic (exact) mass is 338 g/mol. The van der Waals surface area contributed by atoms with E-state index in [1.165, 1.54) is 0 Å². The average Bonchev–Trinajstić information content (AvgIpc) is 2.52. The van der Waals surface area contributed by atoms with Crippen molar-refractivity contribution in [1.29, 1.82) is 0 Å². The van der Waals surface area contributed by atoms with Crippen molar-refractivity contribution >= 4 is 11.9 Å². The highest BCUT2D eigenvalue weighted by molar-refractivity contribution is 5.82. The van der Waals surface area contributed by atoms with E-state index in [9.17, 15) is 5.11 Å². The first-order valence-electron chi connectivity index (χ1n) is 8.71. The highest BCUT2D eigenvalue weighted by Crippen LogP contribution is 2.39. The molecule has 0 aliphatic carbocycles. The van der Waals surface area contributed by atoms with Crippen LogP contribution in [0.3, 0.4) is 0 Å². The Bertz CT molecular complexity index is 715. The van der Waals surface area contributed by atoms with Gasteiger partial charge in [0.2, 0.25) is 0 Å². The molecule has 2 aromatic carbocycles. The van der Waals surface area contributed by atoms with Crippen molar-refractivity contribution in [2.24, 2.45) is 5.10 Å². The Kier molecular flexibility index (Phi) is 5.26. The number of phenols is 1. The number of aromatic hydroxyl groups is 1. The van der Waals surface area contributed by atoms with E-state index in [-0.39, 0.29) is 10.8 Å². The number of hydrazone groups is 1. The van der Waals surface area contributed by atoms with Crippen LogP contribution in [0.5, 0.6) is 5.75 Å². The SMILES string of the molecule is CN(/N=C/c1cc(C(C)(C)C)c(O)c(C(C)(C)C)c1)c1ccccc1. The zero-order valence-corrected chi connectivity index (χ0v) is 16.5. The third-order valence-electron chi connectivity index (χ3n) is 4.26. The highest BCUT2D eigenvalue weighted by Gasteiger charge is 2.26. The molecule has 0 radical (unpaired) electrons. The van der Waals surface area contributed by atoms with Crippen LogP contribution in [-0.2, 0) is 10.8 Å². The van der Waals surface area contributed by atoms with Crippen molar-refractivity contribution in [3.8, 4) is 5.75 Å². The molecule has 25 heavy (non-hydrogen) atoms. The van der Waals surface area contributed by atoms with Gasteiger partial charge in [0.15, 0.2) is 0 Å². The third kappa shape index (κ3) is 4.62. The van der Waals surface area contributed by atoms with Crippen LogP contribution in [0.2, 0.25) is 0 Å². The lowest BCUT2D eigenvalue weighted by Crippen LogP contribution is -2.18. The maximum atomic E-state index is 10.8. The summed E-state index contributed by atoms with van der Waals surface area (Å²) in [6, 6.07) is 14.1. The molecular formula is C22H30N2O. The minimum atomic E-state index is -0.140. The molecule has 3 nitrogen and oxygen atoms in total. The van der Waals surface area contributed by atoms with E-state index in [1.807, 2.05) is 60.7 Å². The zero-order chi connectivity index (χ0) is 18.8. The van der Waals surface area contributed by atoms with Crippen LogP contribution in [0, 0.1) is 0 Å². The molecule has 3 heteroatoms. The maximum Gasteiger partial charge on any atom is 0.123 e. The molecule has 0 aliphatic heterocycles. The van der Waals surface area contributed by atoms with Gasteiger partial charge >= 0.3 is 0 Å². The minimum absolute atomic E-state index is 0.140. The van der Waals surface area contributed by atoms with E-state index in [0.717, 1.165) is 22.4 Å². The first-order chi connectivity index (χ1) is 11.5. The van der Waals surface area contributed by atoms with Crippen molar-refractivity contribution in [1.82, 2.24) is 0 Å². The molecule has 134 valence electrons. The van der Waals surface area contributed by atoms with E-state index in [0.29, 0.717) is 5.75 Å². The molecule has 0 unspecified atom stereocenters. The predicted molar refractivity (Wildman–Crippen MR) is 108 cm³/mol. The molecule has 0 saturated heterocycles. The molecule has 1 N–H and O–H groups in total. The summed E-state index contributed by atoms with van der Waals surface area (Å²) in [7, 11) is 1.93. The van der Waals surface area contributed by atoms with Crippen molar-refractivity contribution in [3.05, 3.63) is 59.2 Å². The normalized spacial score (nSPS) is 12.6. The molecule has 0 fully saturated rings. The van der Waals surface area contributed by atoms with Crippen molar-refractivity contribution in [2.45, 2.75) is 52.4 Å². The van der Waals surface area contributed by atoms with Gasteiger partial charge in [0.1, 0.15) is 5.75 Å². The first-order valence-corrected chi connectivity index (χ1v) is 8.71. The second-order valence-electron chi connectivity index (χ2n) is 8.57. The Labute approximate surface area is 152 Å². The molecule has 0 heterocycles. The highest BCUT2D eigenvalue weighted by atomic mass is 16.3. The van der Waals surface area contributed by atoms with Gasteiger partial charge in [-0.15, -0.1) is 0 Å². The van der Waals surface area contributed by atoms with Gasteiger partial charge in [0.05, 0.1) is 11.9 Å². The van der Waals surface area contributed by atoms with E-state index in [1.54, 1.807) is 0 Å².